The summed E-state index contributed by atoms with van der Waals surface area (Å²) in [5.74, 6) is -0.258. The highest BCUT2D eigenvalue weighted by Gasteiger charge is 2.23. The fourth-order valence-electron chi connectivity index (χ4n) is 2.89. The Hall–Kier alpha value is -0.640. The van der Waals surface area contributed by atoms with Gasteiger partial charge in [0.05, 0.1) is 0 Å². The molecule has 1 saturated heterocycles. The maximum atomic E-state index is 13.3. The summed E-state index contributed by atoms with van der Waals surface area (Å²) in [7, 11) is 0. The molecule has 1 atom stereocenters. The Labute approximate surface area is 126 Å². The zero-order valence-electron chi connectivity index (χ0n) is 12.2. The fraction of sp³-hybridized carbons (Fsp3) is 0.625. The number of unbranched alkanes of at least 4 members (excludes halogenated alkanes) is 2. The Kier molecular flexibility index (Phi) is 6.27. The molecule has 20 heavy (non-hydrogen) atoms. The molecule has 112 valence electrons. The van der Waals surface area contributed by atoms with Gasteiger partial charge in [-0.2, -0.15) is 0 Å². The van der Waals surface area contributed by atoms with Gasteiger partial charge in [-0.05, 0) is 24.1 Å². The van der Waals surface area contributed by atoms with E-state index in [9.17, 15) is 4.39 Å². The van der Waals surface area contributed by atoms with Crippen LogP contribution in [0.25, 0.3) is 0 Å². The van der Waals surface area contributed by atoms with Gasteiger partial charge in [-0.15, -0.1) is 0 Å². The molecule has 1 aromatic carbocycles. The quantitative estimate of drug-likeness (QED) is 0.799. The number of nitrogens with one attached hydrogen (secondary N) is 1. The van der Waals surface area contributed by atoms with Crippen molar-refractivity contribution >= 4 is 11.6 Å². The van der Waals surface area contributed by atoms with Crippen molar-refractivity contribution in [3.8, 4) is 0 Å². The monoisotopic (exact) mass is 298 g/mol. The molecule has 0 radical (unpaired) electrons. The summed E-state index contributed by atoms with van der Waals surface area (Å²) >= 11 is 6.27. The van der Waals surface area contributed by atoms with Crippen LogP contribution >= 0.6 is 11.6 Å². The number of halogens is 2. The highest BCUT2D eigenvalue weighted by molar-refractivity contribution is 6.31. The van der Waals surface area contributed by atoms with E-state index in [1.807, 2.05) is 6.07 Å². The predicted molar refractivity (Wildman–Crippen MR) is 82.7 cm³/mol. The minimum Gasteiger partial charge on any atom is -0.314 e. The summed E-state index contributed by atoms with van der Waals surface area (Å²) in [6, 6.07) is 5.13. The lowest BCUT2D eigenvalue weighted by Gasteiger charge is -2.35. The van der Waals surface area contributed by atoms with Gasteiger partial charge in [0, 0.05) is 37.2 Å². The number of nitrogens with zero attached hydrogens (tertiary/aromatic N) is 1. The van der Waals surface area contributed by atoms with Crippen LogP contribution < -0.4 is 5.32 Å². The van der Waals surface area contributed by atoms with Crippen LogP contribution in [0.15, 0.2) is 18.2 Å². The highest BCUT2D eigenvalue weighted by atomic mass is 35.5. The largest absolute Gasteiger partial charge is 0.314 e. The van der Waals surface area contributed by atoms with Gasteiger partial charge >= 0.3 is 0 Å². The zero-order valence-corrected chi connectivity index (χ0v) is 12.9. The molecule has 0 aromatic heterocycles. The molecule has 0 spiro atoms. The molecule has 1 aliphatic heterocycles. The molecule has 2 nitrogen and oxygen atoms in total. The second kappa shape index (κ2) is 7.96. The lowest BCUT2D eigenvalue weighted by Crippen LogP contribution is -2.45. The third-order valence-electron chi connectivity index (χ3n) is 3.99. The van der Waals surface area contributed by atoms with Gasteiger partial charge in [-0.1, -0.05) is 43.9 Å². The van der Waals surface area contributed by atoms with E-state index in [1.54, 1.807) is 0 Å². The highest BCUT2D eigenvalue weighted by Crippen LogP contribution is 2.32. The van der Waals surface area contributed by atoms with Gasteiger partial charge in [-0.3, -0.25) is 4.90 Å². The van der Waals surface area contributed by atoms with Crippen molar-refractivity contribution in [2.75, 3.05) is 26.2 Å². The first-order valence-electron chi connectivity index (χ1n) is 7.62. The van der Waals surface area contributed by atoms with E-state index in [0.717, 1.165) is 38.2 Å². The van der Waals surface area contributed by atoms with Gasteiger partial charge in [0.15, 0.2) is 0 Å². The van der Waals surface area contributed by atoms with Gasteiger partial charge in [0.2, 0.25) is 0 Å². The van der Waals surface area contributed by atoms with Crippen LogP contribution in [0.2, 0.25) is 5.02 Å². The molecule has 1 heterocycles. The van der Waals surface area contributed by atoms with Crippen LogP contribution in [0.5, 0.6) is 0 Å². The topological polar surface area (TPSA) is 15.3 Å². The Morgan fingerprint density at radius 1 is 1.30 bits per heavy atom. The number of rotatable bonds is 6. The van der Waals surface area contributed by atoms with Crippen molar-refractivity contribution in [2.45, 2.75) is 38.6 Å². The molecule has 1 aromatic rings. The molecule has 1 aliphatic rings. The van der Waals surface area contributed by atoms with Crippen molar-refractivity contribution in [2.24, 2.45) is 0 Å². The molecule has 2 rings (SSSR count). The molecule has 0 amide bonds. The first kappa shape index (κ1) is 15.7. The van der Waals surface area contributed by atoms with E-state index in [4.69, 9.17) is 11.6 Å². The van der Waals surface area contributed by atoms with Gasteiger partial charge < -0.3 is 5.32 Å². The van der Waals surface area contributed by atoms with Crippen LogP contribution in [0.1, 0.15) is 44.2 Å². The predicted octanol–water partition coefficient (Wildman–Crippen LogP) is 4.01. The SMILES string of the molecule is CCCCC[C@H](c1ccc(F)cc1Cl)N1CCNCC1. The first-order valence-corrected chi connectivity index (χ1v) is 8.00. The molecule has 0 saturated carbocycles. The molecule has 4 heteroatoms. The lowest BCUT2D eigenvalue weighted by atomic mass is 9.98. The second-order valence-electron chi connectivity index (χ2n) is 5.46. The van der Waals surface area contributed by atoms with Crippen LogP contribution in [-0.4, -0.2) is 31.1 Å². The molecule has 0 unspecified atom stereocenters. The Morgan fingerprint density at radius 2 is 2.05 bits per heavy atom. The minimum absolute atomic E-state index is 0.258. The lowest BCUT2D eigenvalue weighted by molar-refractivity contribution is 0.162. The summed E-state index contributed by atoms with van der Waals surface area (Å²) < 4.78 is 13.3. The minimum atomic E-state index is -0.258. The van der Waals surface area contributed by atoms with Crippen LogP contribution in [-0.2, 0) is 0 Å². The maximum absolute atomic E-state index is 13.3. The number of benzene rings is 1. The molecule has 0 aliphatic carbocycles. The molecule has 1 fully saturated rings. The second-order valence-corrected chi connectivity index (χ2v) is 5.87. The van der Waals surface area contributed by atoms with E-state index in [-0.39, 0.29) is 5.82 Å². The summed E-state index contributed by atoms with van der Waals surface area (Å²) in [5, 5.41) is 3.94. The van der Waals surface area contributed by atoms with E-state index >= 15 is 0 Å². The van der Waals surface area contributed by atoms with Crippen molar-refractivity contribution < 1.29 is 4.39 Å². The van der Waals surface area contributed by atoms with Gasteiger partial charge in [0.1, 0.15) is 5.82 Å². The standard InChI is InChI=1S/C16H24ClFN2/c1-2-3-4-5-16(20-10-8-19-9-11-20)14-7-6-13(18)12-15(14)17/h6-7,12,16,19H,2-5,8-11H2,1H3/t16-/m1/s1. The Balaban J connectivity index is 2.15. The third kappa shape index (κ3) is 4.18. The summed E-state index contributed by atoms with van der Waals surface area (Å²) in [5.41, 5.74) is 1.08. The molecular formula is C16H24ClFN2. The Bertz CT molecular complexity index is 419. The molecular weight excluding hydrogens is 275 g/mol. The van der Waals surface area contributed by atoms with Crippen molar-refractivity contribution in [3.63, 3.8) is 0 Å². The van der Waals surface area contributed by atoms with E-state index < -0.39 is 0 Å². The van der Waals surface area contributed by atoms with E-state index in [0.29, 0.717) is 11.1 Å². The average Bonchev–Trinajstić information content (AvgIpc) is 2.46. The van der Waals surface area contributed by atoms with Gasteiger partial charge in [-0.25, -0.2) is 4.39 Å². The van der Waals surface area contributed by atoms with E-state index in [2.05, 4.69) is 17.1 Å². The molecule has 1 N–H and O–H groups in total. The van der Waals surface area contributed by atoms with Crippen LogP contribution in [0, 0.1) is 5.82 Å². The summed E-state index contributed by atoms with van der Waals surface area (Å²) in [6.07, 6.45) is 4.74. The smallest absolute Gasteiger partial charge is 0.124 e. The molecule has 0 bridgehead atoms. The van der Waals surface area contributed by atoms with Crippen molar-refractivity contribution in [1.29, 1.82) is 0 Å². The van der Waals surface area contributed by atoms with Crippen LogP contribution in [0.3, 0.4) is 0 Å². The fourth-order valence-corrected chi connectivity index (χ4v) is 3.18. The summed E-state index contributed by atoms with van der Waals surface area (Å²) in [6.45, 7) is 6.31. The van der Waals surface area contributed by atoms with Gasteiger partial charge in [0.25, 0.3) is 0 Å². The maximum Gasteiger partial charge on any atom is 0.124 e. The number of hydrogen-bond acceptors (Lipinski definition) is 2. The Morgan fingerprint density at radius 3 is 2.70 bits per heavy atom. The number of piperazine rings is 1. The van der Waals surface area contributed by atoms with Crippen LogP contribution in [0.4, 0.5) is 4.39 Å². The zero-order chi connectivity index (χ0) is 14.4. The summed E-state index contributed by atoms with van der Waals surface area (Å²) in [4.78, 5) is 2.48. The third-order valence-corrected chi connectivity index (χ3v) is 4.32. The first-order chi connectivity index (χ1) is 9.72. The average molecular weight is 299 g/mol. The normalized spacial score (nSPS) is 18.1. The van der Waals surface area contributed by atoms with Crippen molar-refractivity contribution in [3.05, 3.63) is 34.6 Å². The van der Waals surface area contributed by atoms with E-state index in [1.165, 1.54) is 31.4 Å². The van der Waals surface area contributed by atoms with Crippen molar-refractivity contribution in [1.82, 2.24) is 10.2 Å². The number of hydrogen-bond donors (Lipinski definition) is 1.